The number of unbranched alkanes of at least 4 members (excludes halogenated alkanes) is 1. The van der Waals surface area contributed by atoms with Crippen molar-refractivity contribution < 1.29 is 9.53 Å². The van der Waals surface area contributed by atoms with Crippen LogP contribution in [0.3, 0.4) is 0 Å². The van der Waals surface area contributed by atoms with Gasteiger partial charge in [0.05, 0.1) is 25.0 Å². The van der Waals surface area contributed by atoms with Crippen molar-refractivity contribution in [2.24, 2.45) is 11.8 Å². The maximum atomic E-state index is 11.2. The van der Waals surface area contributed by atoms with E-state index in [4.69, 9.17) is 10.00 Å². The Hall–Kier alpha value is -1.04. The summed E-state index contributed by atoms with van der Waals surface area (Å²) in [6.07, 6.45) is 4.55. The van der Waals surface area contributed by atoms with Crippen LogP contribution in [-0.2, 0) is 9.53 Å². The third kappa shape index (κ3) is 7.28. The lowest BCUT2D eigenvalue weighted by Gasteiger charge is -2.14. The van der Waals surface area contributed by atoms with Gasteiger partial charge in [0, 0.05) is 0 Å². The topological polar surface area (TPSA) is 50.1 Å². The number of rotatable bonds is 8. The molecule has 0 radical (unpaired) electrons. The van der Waals surface area contributed by atoms with Gasteiger partial charge in [-0.2, -0.15) is 5.26 Å². The quantitative estimate of drug-likeness (QED) is 0.595. The van der Waals surface area contributed by atoms with Gasteiger partial charge in [-0.05, 0) is 19.3 Å². The van der Waals surface area contributed by atoms with Gasteiger partial charge in [-0.25, -0.2) is 0 Å². The fourth-order valence-electron chi connectivity index (χ4n) is 1.76. The smallest absolute Gasteiger partial charge is 0.307 e. The van der Waals surface area contributed by atoms with Crippen molar-refractivity contribution in [3.63, 3.8) is 0 Å². The van der Waals surface area contributed by atoms with Crippen molar-refractivity contribution >= 4 is 5.97 Å². The molecule has 0 fully saturated rings. The highest BCUT2D eigenvalue weighted by molar-refractivity contribution is 5.70. The minimum absolute atomic E-state index is 0.189. The van der Waals surface area contributed by atoms with Gasteiger partial charge >= 0.3 is 5.97 Å². The molecular formula is C13H23NO2. The van der Waals surface area contributed by atoms with E-state index in [9.17, 15) is 4.79 Å². The number of hydrogen-bond donors (Lipinski definition) is 0. The van der Waals surface area contributed by atoms with Crippen LogP contribution in [0.1, 0.15) is 52.9 Å². The van der Waals surface area contributed by atoms with Crippen LogP contribution in [-0.4, -0.2) is 12.6 Å². The number of ether oxygens (including phenoxy) is 1. The Bertz CT molecular complexity index is 233. The number of hydrogen-bond acceptors (Lipinski definition) is 3. The molecule has 0 aliphatic heterocycles. The standard InChI is InChI=1S/C13H23NO2/c1-4-6-7-11(3)8-12(10-14)9-13(15)16-5-2/h11-12H,4-9H2,1-3H3/t11-,12?/m1/s1. The fraction of sp³-hybridized carbons (Fsp3) is 0.846. The average molecular weight is 225 g/mol. The van der Waals surface area contributed by atoms with Crippen LogP contribution >= 0.6 is 0 Å². The highest BCUT2D eigenvalue weighted by atomic mass is 16.5. The molecule has 0 aliphatic rings. The molecule has 0 aromatic carbocycles. The highest BCUT2D eigenvalue weighted by Crippen LogP contribution is 2.20. The van der Waals surface area contributed by atoms with E-state index in [0.717, 1.165) is 12.8 Å². The Morgan fingerprint density at radius 3 is 2.62 bits per heavy atom. The predicted molar refractivity (Wildman–Crippen MR) is 63.7 cm³/mol. The van der Waals surface area contributed by atoms with E-state index >= 15 is 0 Å². The summed E-state index contributed by atoms with van der Waals surface area (Å²) in [6, 6.07) is 2.20. The maximum absolute atomic E-state index is 11.2. The lowest BCUT2D eigenvalue weighted by Crippen LogP contribution is -2.13. The zero-order valence-electron chi connectivity index (χ0n) is 10.7. The first-order valence-corrected chi connectivity index (χ1v) is 6.19. The first kappa shape index (κ1) is 15.0. The molecule has 0 heterocycles. The zero-order valence-corrected chi connectivity index (χ0v) is 10.7. The lowest BCUT2D eigenvalue weighted by atomic mass is 9.91. The van der Waals surface area contributed by atoms with Gasteiger partial charge in [-0.3, -0.25) is 4.79 Å². The van der Waals surface area contributed by atoms with Gasteiger partial charge in [0.2, 0.25) is 0 Å². The van der Waals surface area contributed by atoms with E-state index in [0.29, 0.717) is 12.5 Å². The van der Waals surface area contributed by atoms with Crippen molar-refractivity contribution in [2.75, 3.05) is 6.61 Å². The van der Waals surface area contributed by atoms with Gasteiger partial charge < -0.3 is 4.74 Å². The van der Waals surface area contributed by atoms with E-state index in [1.165, 1.54) is 12.8 Å². The van der Waals surface area contributed by atoms with Crippen LogP contribution in [0.15, 0.2) is 0 Å². The minimum atomic E-state index is -0.253. The van der Waals surface area contributed by atoms with Crippen LogP contribution in [0.4, 0.5) is 0 Å². The summed E-state index contributed by atoms with van der Waals surface area (Å²) < 4.78 is 4.85. The van der Waals surface area contributed by atoms with Crippen molar-refractivity contribution in [1.29, 1.82) is 5.26 Å². The summed E-state index contributed by atoms with van der Waals surface area (Å²) in [5.41, 5.74) is 0. The van der Waals surface area contributed by atoms with Crippen LogP contribution in [0, 0.1) is 23.2 Å². The Balaban J connectivity index is 3.91. The Morgan fingerprint density at radius 2 is 2.12 bits per heavy atom. The molecule has 0 aliphatic carbocycles. The average Bonchev–Trinajstić information content (AvgIpc) is 2.25. The van der Waals surface area contributed by atoms with E-state index in [2.05, 4.69) is 19.9 Å². The van der Waals surface area contributed by atoms with Crippen molar-refractivity contribution in [1.82, 2.24) is 0 Å². The number of esters is 1. The molecule has 3 nitrogen and oxygen atoms in total. The maximum Gasteiger partial charge on any atom is 0.307 e. The number of nitrogens with zero attached hydrogens (tertiary/aromatic N) is 1. The monoisotopic (exact) mass is 225 g/mol. The van der Waals surface area contributed by atoms with Gasteiger partial charge in [0.25, 0.3) is 0 Å². The molecule has 1 unspecified atom stereocenters. The van der Waals surface area contributed by atoms with Crippen molar-refractivity contribution in [3.05, 3.63) is 0 Å². The van der Waals surface area contributed by atoms with Crippen LogP contribution < -0.4 is 0 Å². The molecule has 16 heavy (non-hydrogen) atoms. The third-order valence-corrected chi connectivity index (χ3v) is 2.64. The molecule has 0 saturated heterocycles. The molecule has 0 bridgehead atoms. The molecule has 0 spiro atoms. The normalized spacial score (nSPS) is 13.9. The van der Waals surface area contributed by atoms with Crippen molar-refractivity contribution in [2.45, 2.75) is 52.9 Å². The number of carbonyl (C=O) groups is 1. The first-order valence-electron chi connectivity index (χ1n) is 6.19. The molecular weight excluding hydrogens is 202 g/mol. The summed E-state index contributed by atoms with van der Waals surface area (Å²) in [5, 5.41) is 8.96. The second-order valence-corrected chi connectivity index (χ2v) is 4.32. The SMILES string of the molecule is CCCC[C@@H](C)CC(C#N)CC(=O)OCC. The summed E-state index contributed by atoms with van der Waals surface area (Å²) >= 11 is 0. The Kier molecular flexibility index (Phi) is 8.61. The molecule has 3 heteroatoms. The lowest BCUT2D eigenvalue weighted by molar-refractivity contribution is -0.143. The van der Waals surface area contributed by atoms with E-state index in [1.807, 2.05) is 0 Å². The largest absolute Gasteiger partial charge is 0.466 e. The molecule has 2 atom stereocenters. The molecule has 0 saturated carbocycles. The van der Waals surface area contributed by atoms with Gasteiger partial charge in [-0.15, -0.1) is 0 Å². The number of carbonyl (C=O) groups excluding carboxylic acids is 1. The van der Waals surface area contributed by atoms with E-state index in [-0.39, 0.29) is 18.3 Å². The molecule has 0 N–H and O–H groups in total. The summed E-state index contributed by atoms with van der Waals surface area (Å²) in [6.45, 7) is 6.48. The molecule has 92 valence electrons. The Morgan fingerprint density at radius 1 is 1.44 bits per heavy atom. The summed E-state index contributed by atoms with van der Waals surface area (Å²) in [7, 11) is 0. The minimum Gasteiger partial charge on any atom is -0.466 e. The second kappa shape index (κ2) is 9.21. The van der Waals surface area contributed by atoms with Crippen LogP contribution in [0.5, 0.6) is 0 Å². The second-order valence-electron chi connectivity index (χ2n) is 4.32. The summed E-state index contributed by atoms with van der Waals surface area (Å²) in [4.78, 5) is 11.2. The van der Waals surface area contributed by atoms with Gasteiger partial charge in [0.1, 0.15) is 0 Å². The van der Waals surface area contributed by atoms with Crippen LogP contribution in [0.2, 0.25) is 0 Å². The van der Waals surface area contributed by atoms with Gasteiger partial charge in [-0.1, -0.05) is 33.1 Å². The zero-order chi connectivity index (χ0) is 12.4. The van der Waals surface area contributed by atoms with Crippen molar-refractivity contribution in [3.8, 4) is 6.07 Å². The summed E-state index contributed by atoms with van der Waals surface area (Å²) in [5.74, 6) is 0.0710. The van der Waals surface area contributed by atoms with Gasteiger partial charge in [0.15, 0.2) is 0 Å². The van der Waals surface area contributed by atoms with E-state index < -0.39 is 0 Å². The predicted octanol–water partition coefficient (Wildman–Crippen LogP) is 3.30. The molecule has 0 rings (SSSR count). The first-order chi connectivity index (χ1) is 7.63. The van der Waals surface area contributed by atoms with Crippen LogP contribution in [0.25, 0.3) is 0 Å². The third-order valence-electron chi connectivity index (χ3n) is 2.64. The number of nitriles is 1. The Labute approximate surface area is 98.8 Å². The van der Waals surface area contributed by atoms with E-state index in [1.54, 1.807) is 6.92 Å². The fourth-order valence-corrected chi connectivity index (χ4v) is 1.76. The molecule has 0 aromatic heterocycles. The molecule has 0 amide bonds. The highest BCUT2D eigenvalue weighted by Gasteiger charge is 2.16. The molecule has 0 aromatic rings.